The highest BCUT2D eigenvalue weighted by Crippen LogP contribution is 2.76. The molecule has 0 aromatic carbocycles. The number of carbonyl (C=O) groups is 2. The van der Waals surface area contributed by atoms with Gasteiger partial charge in [0.25, 0.3) is 0 Å². The minimum Gasteiger partial charge on any atom is -0.481 e. The van der Waals surface area contributed by atoms with Gasteiger partial charge in [0.15, 0.2) is 18.7 Å². The van der Waals surface area contributed by atoms with Gasteiger partial charge in [-0.3, -0.25) is 4.79 Å². The SMILES string of the molecule is CC1(C)CC[C@]2(C(=O)O)CC[C@@]3(C)C(=CC[C@H]4[C@]3(C)CCC3C(C)(C)[C@@H](O[C@H]5O[C@H](C(=O)O)[C@@H](O)[C@@H](O[C@H]6OC[C@@H](O)[C@@H](O)[C@H]6O)[C@H]5O)CC[C@]34C)[C@@H]2C1. The molecule has 0 radical (unpaired) electrons. The summed E-state index contributed by atoms with van der Waals surface area (Å²) >= 11 is 0. The summed E-state index contributed by atoms with van der Waals surface area (Å²) in [6.07, 6.45) is -4.35. The number of aliphatic hydroxyl groups excluding tert-OH is 5. The van der Waals surface area contributed by atoms with Crippen molar-refractivity contribution in [2.45, 2.75) is 174 Å². The molecule has 2 heterocycles. The standard InChI is InChI=1S/C41H64O13/c1-36(2)14-16-41(35(49)50)17-15-39(6)20(21(41)18-36)8-9-24-38(5)12-11-25(37(3,4)23(38)10-13-40(24,39)7)52-34-29(46)30(28(45)31(54-34)32(47)48)53-33-27(44)26(43)22(42)19-51-33/h8,21-31,33-34,42-46H,9-19H2,1-7H3,(H,47,48)(H,49,50)/t21-,22+,23?,24+,25-,26+,27+,28-,29+,30+,31-,33+,34-,38+,39-,40-,41-/m0/s1. The Morgan fingerprint density at radius 3 is 2.11 bits per heavy atom. The number of carboxylic acids is 2. The van der Waals surface area contributed by atoms with Crippen LogP contribution in [0.4, 0.5) is 0 Å². The van der Waals surface area contributed by atoms with Crippen molar-refractivity contribution < 1.29 is 64.3 Å². The van der Waals surface area contributed by atoms with Gasteiger partial charge >= 0.3 is 11.9 Å². The van der Waals surface area contributed by atoms with Crippen LogP contribution in [0.15, 0.2) is 11.6 Å². The number of carboxylic acid groups (broad SMARTS) is 2. The van der Waals surface area contributed by atoms with Crippen molar-refractivity contribution in [1.29, 1.82) is 0 Å². The predicted octanol–water partition coefficient (Wildman–Crippen LogP) is 3.61. The summed E-state index contributed by atoms with van der Waals surface area (Å²) < 4.78 is 23.3. The zero-order valence-electron chi connectivity index (χ0n) is 32.9. The van der Waals surface area contributed by atoms with Crippen molar-refractivity contribution in [1.82, 2.24) is 0 Å². The van der Waals surface area contributed by atoms with Crippen LogP contribution < -0.4 is 0 Å². The van der Waals surface area contributed by atoms with E-state index in [1.165, 1.54) is 5.57 Å². The Labute approximate surface area is 318 Å². The molecular formula is C41H64O13. The van der Waals surface area contributed by atoms with Gasteiger partial charge in [-0.1, -0.05) is 60.1 Å². The molecule has 1 unspecified atom stereocenters. The van der Waals surface area contributed by atoms with Gasteiger partial charge in [0.1, 0.15) is 36.6 Å². The van der Waals surface area contributed by atoms with E-state index in [2.05, 4.69) is 54.5 Å². The Kier molecular flexibility index (Phi) is 10.1. The number of rotatable bonds is 6. The minimum atomic E-state index is -1.86. The van der Waals surface area contributed by atoms with Crippen LogP contribution in [-0.2, 0) is 28.5 Å². The molecule has 17 atom stereocenters. The van der Waals surface area contributed by atoms with Crippen LogP contribution in [0.3, 0.4) is 0 Å². The summed E-state index contributed by atoms with van der Waals surface area (Å²) in [5, 5.41) is 73.6. The lowest BCUT2D eigenvalue weighted by molar-refractivity contribution is -0.357. The lowest BCUT2D eigenvalue weighted by Crippen LogP contribution is -2.66. The average Bonchev–Trinajstić information content (AvgIpc) is 3.08. The molecule has 306 valence electrons. The van der Waals surface area contributed by atoms with Gasteiger partial charge in [0.05, 0.1) is 18.1 Å². The summed E-state index contributed by atoms with van der Waals surface area (Å²) in [6.45, 7) is 15.9. The molecule has 0 bridgehead atoms. The zero-order chi connectivity index (χ0) is 39.6. The maximum absolute atomic E-state index is 13.0. The quantitative estimate of drug-likeness (QED) is 0.152. The molecule has 5 aliphatic carbocycles. The van der Waals surface area contributed by atoms with Crippen LogP contribution in [0.2, 0.25) is 0 Å². The summed E-state index contributed by atoms with van der Waals surface area (Å²) in [4.78, 5) is 25.3. The van der Waals surface area contributed by atoms with Crippen LogP contribution in [0.25, 0.3) is 0 Å². The average molecular weight is 765 g/mol. The molecule has 6 fully saturated rings. The van der Waals surface area contributed by atoms with Gasteiger partial charge in [-0.05, 0) is 109 Å². The normalized spacial score (nSPS) is 52.4. The molecule has 0 aromatic rings. The zero-order valence-corrected chi connectivity index (χ0v) is 32.9. The molecule has 7 rings (SSSR count). The molecule has 13 heteroatoms. The van der Waals surface area contributed by atoms with Gasteiger partial charge < -0.3 is 54.7 Å². The van der Waals surface area contributed by atoms with Gasteiger partial charge in [0.2, 0.25) is 0 Å². The molecule has 13 nitrogen and oxygen atoms in total. The number of allylic oxidation sites excluding steroid dienone is 2. The molecule has 7 N–H and O–H groups in total. The smallest absolute Gasteiger partial charge is 0.335 e. The maximum atomic E-state index is 13.0. The first-order valence-corrected chi connectivity index (χ1v) is 20.2. The van der Waals surface area contributed by atoms with E-state index in [1.807, 2.05) is 0 Å². The number of ether oxygens (including phenoxy) is 4. The molecule has 7 aliphatic rings. The van der Waals surface area contributed by atoms with Gasteiger partial charge in [-0.2, -0.15) is 0 Å². The fourth-order valence-corrected chi connectivity index (χ4v) is 13.4. The lowest BCUT2D eigenvalue weighted by atomic mass is 9.33. The fraction of sp³-hybridized carbons (Fsp3) is 0.902. The van der Waals surface area contributed by atoms with E-state index in [4.69, 9.17) is 18.9 Å². The Morgan fingerprint density at radius 1 is 0.759 bits per heavy atom. The van der Waals surface area contributed by atoms with Crippen LogP contribution >= 0.6 is 0 Å². The Bertz CT molecular complexity index is 1510. The Morgan fingerprint density at radius 2 is 1.44 bits per heavy atom. The highest BCUT2D eigenvalue weighted by Gasteiger charge is 2.69. The largest absolute Gasteiger partial charge is 0.481 e. The first-order chi connectivity index (χ1) is 25.0. The third kappa shape index (κ3) is 5.88. The second kappa shape index (κ2) is 13.4. The molecule has 0 spiro atoms. The van der Waals surface area contributed by atoms with Crippen LogP contribution in [0.1, 0.15) is 113 Å². The molecule has 0 amide bonds. The monoisotopic (exact) mass is 764 g/mol. The van der Waals surface area contributed by atoms with Crippen molar-refractivity contribution in [2.75, 3.05) is 6.61 Å². The van der Waals surface area contributed by atoms with E-state index in [0.717, 1.165) is 51.4 Å². The van der Waals surface area contributed by atoms with Crippen molar-refractivity contribution >= 4 is 11.9 Å². The Balaban J connectivity index is 1.13. The second-order valence-corrected chi connectivity index (χ2v) is 20.3. The van der Waals surface area contributed by atoms with E-state index in [0.29, 0.717) is 18.8 Å². The highest BCUT2D eigenvalue weighted by atomic mass is 16.7. The summed E-state index contributed by atoms with van der Waals surface area (Å²) in [5.74, 6) is -1.53. The summed E-state index contributed by atoms with van der Waals surface area (Å²) in [7, 11) is 0. The second-order valence-electron chi connectivity index (χ2n) is 20.3. The van der Waals surface area contributed by atoms with E-state index < -0.39 is 84.2 Å². The van der Waals surface area contributed by atoms with Crippen LogP contribution in [-0.4, -0.2) is 116 Å². The third-order valence-electron chi connectivity index (χ3n) is 16.8. The van der Waals surface area contributed by atoms with Crippen LogP contribution in [0, 0.1) is 50.2 Å². The first kappa shape index (κ1) is 40.5. The number of aliphatic hydroxyl groups is 5. The van der Waals surface area contributed by atoms with Crippen molar-refractivity contribution in [3.8, 4) is 0 Å². The number of hydrogen-bond acceptors (Lipinski definition) is 11. The van der Waals surface area contributed by atoms with E-state index >= 15 is 0 Å². The Hall–Kier alpha value is -1.68. The fourth-order valence-electron chi connectivity index (χ4n) is 13.4. The number of fused-ring (bicyclic) bond motifs is 7. The van der Waals surface area contributed by atoms with Crippen molar-refractivity contribution in [2.24, 2.45) is 50.2 Å². The molecular weight excluding hydrogens is 700 g/mol. The van der Waals surface area contributed by atoms with Gasteiger partial charge in [0, 0.05) is 0 Å². The van der Waals surface area contributed by atoms with Gasteiger partial charge in [-0.25, -0.2) is 4.79 Å². The van der Waals surface area contributed by atoms with Gasteiger partial charge in [-0.15, -0.1) is 0 Å². The van der Waals surface area contributed by atoms with E-state index in [-0.39, 0.29) is 40.1 Å². The molecule has 0 aromatic heterocycles. The molecule has 4 saturated carbocycles. The summed E-state index contributed by atoms with van der Waals surface area (Å²) in [6, 6.07) is 0. The first-order valence-electron chi connectivity index (χ1n) is 20.2. The van der Waals surface area contributed by atoms with E-state index in [1.54, 1.807) is 0 Å². The lowest BCUT2D eigenvalue weighted by Gasteiger charge is -2.71. The minimum absolute atomic E-state index is 0.0359. The van der Waals surface area contributed by atoms with Crippen molar-refractivity contribution in [3.63, 3.8) is 0 Å². The number of hydrogen-bond donors (Lipinski definition) is 7. The van der Waals surface area contributed by atoms with E-state index in [9.17, 15) is 45.3 Å². The third-order valence-corrected chi connectivity index (χ3v) is 16.8. The molecule has 2 aliphatic heterocycles. The number of aliphatic carboxylic acids is 2. The topological polar surface area (TPSA) is 213 Å². The predicted molar refractivity (Wildman–Crippen MR) is 192 cm³/mol. The molecule has 54 heavy (non-hydrogen) atoms. The van der Waals surface area contributed by atoms with Crippen molar-refractivity contribution in [3.05, 3.63) is 11.6 Å². The van der Waals surface area contributed by atoms with Crippen LogP contribution in [0.5, 0.6) is 0 Å². The molecule has 2 saturated heterocycles. The highest BCUT2D eigenvalue weighted by molar-refractivity contribution is 5.76. The summed E-state index contributed by atoms with van der Waals surface area (Å²) in [5.41, 5.74) is 0.110. The maximum Gasteiger partial charge on any atom is 0.335 e.